The number of ether oxygens (including phenoxy) is 3. The second-order valence-corrected chi connectivity index (χ2v) is 5.29. The van der Waals surface area contributed by atoms with Crippen molar-refractivity contribution in [3.05, 3.63) is 65.4 Å². The summed E-state index contributed by atoms with van der Waals surface area (Å²) in [5.74, 6) is 0.449. The van der Waals surface area contributed by atoms with Crippen LogP contribution in [0.2, 0.25) is 0 Å². The lowest BCUT2D eigenvalue weighted by atomic mass is 10.1. The molecule has 1 heterocycles. The summed E-state index contributed by atoms with van der Waals surface area (Å²) in [5.41, 5.74) is 1.35. The average Bonchev–Trinajstić information content (AvgIpc) is 2.90. The van der Waals surface area contributed by atoms with Gasteiger partial charge in [-0.1, -0.05) is 30.3 Å². The van der Waals surface area contributed by atoms with Gasteiger partial charge >= 0.3 is 5.97 Å². The zero-order chi connectivity index (χ0) is 17.1. The Bertz CT molecular complexity index is 808. The maximum Gasteiger partial charge on any atom is 0.346 e. The van der Waals surface area contributed by atoms with Gasteiger partial charge in [-0.25, -0.2) is 4.79 Å². The van der Waals surface area contributed by atoms with E-state index in [2.05, 4.69) is 4.74 Å². The molecule has 1 unspecified atom stereocenters. The van der Waals surface area contributed by atoms with E-state index in [1.807, 2.05) is 30.3 Å². The fraction of sp³-hybridized carbons (Fsp3) is 0.158. The van der Waals surface area contributed by atoms with Crippen molar-refractivity contribution < 1.29 is 23.8 Å². The van der Waals surface area contributed by atoms with E-state index in [1.54, 1.807) is 31.2 Å². The lowest BCUT2D eigenvalue weighted by molar-refractivity contribution is -0.147. The quantitative estimate of drug-likeness (QED) is 0.638. The third kappa shape index (κ3) is 3.15. The molecule has 122 valence electrons. The Hall–Kier alpha value is -3.08. The van der Waals surface area contributed by atoms with Crippen molar-refractivity contribution in [3.8, 4) is 11.5 Å². The summed E-state index contributed by atoms with van der Waals surface area (Å²) in [6.07, 6.45) is 0.949. The van der Waals surface area contributed by atoms with Crippen LogP contribution in [0.5, 0.6) is 11.5 Å². The summed E-state index contributed by atoms with van der Waals surface area (Å²) >= 11 is 0. The van der Waals surface area contributed by atoms with Crippen molar-refractivity contribution in [1.29, 1.82) is 0 Å². The maximum atomic E-state index is 12.4. The van der Waals surface area contributed by atoms with Crippen LogP contribution in [0.25, 0.3) is 6.08 Å². The molecule has 2 aromatic carbocycles. The number of carbonyl (C=O) groups excluding carboxylic acids is 2. The van der Waals surface area contributed by atoms with Crippen LogP contribution in [0.3, 0.4) is 0 Å². The smallest absolute Gasteiger partial charge is 0.346 e. The van der Waals surface area contributed by atoms with E-state index < -0.39 is 12.1 Å². The highest BCUT2D eigenvalue weighted by atomic mass is 16.6. The third-order valence-corrected chi connectivity index (χ3v) is 3.58. The minimum absolute atomic E-state index is 0.179. The number of fused-ring (bicyclic) bond motifs is 1. The van der Waals surface area contributed by atoms with Crippen molar-refractivity contribution >= 4 is 17.8 Å². The Labute approximate surface area is 139 Å². The molecule has 2 aromatic rings. The number of ketones is 1. The number of Topliss-reactive ketones (excluding diaryl/α,β-unsaturated/α-hetero) is 1. The van der Waals surface area contributed by atoms with Crippen LogP contribution in [0.1, 0.15) is 22.8 Å². The van der Waals surface area contributed by atoms with E-state index in [4.69, 9.17) is 9.47 Å². The highest BCUT2D eigenvalue weighted by Gasteiger charge is 2.28. The summed E-state index contributed by atoms with van der Waals surface area (Å²) in [5, 5.41) is 0. The molecule has 0 spiro atoms. The predicted octanol–water partition coefficient (Wildman–Crippen LogP) is 3.24. The summed E-state index contributed by atoms with van der Waals surface area (Å²) in [6.45, 7) is 1.59. The predicted molar refractivity (Wildman–Crippen MR) is 87.9 cm³/mol. The van der Waals surface area contributed by atoms with Gasteiger partial charge in [0.1, 0.15) is 11.5 Å². The lowest BCUT2D eigenvalue weighted by Gasteiger charge is -2.12. The molecule has 0 aromatic heterocycles. The molecular formula is C19H16O5. The lowest BCUT2D eigenvalue weighted by Crippen LogP contribution is -2.24. The fourth-order valence-electron chi connectivity index (χ4n) is 2.36. The molecule has 3 rings (SSSR count). The van der Waals surface area contributed by atoms with Crippen molar-refractivity contribution in [1.82, 2.24) is 0 Å². The molecule has 5 heteroatoms. The van der Waals surface area contributed by atoms with Crippen LogP contribution < -0.4 is 9.47 Å². The van der Waals surface area contributed by atoms with Gasteiger partial charge in [0.25, 0.3) is 0 Å². The molecule has 0 bridgehead atoms. The molecule has 24 heavy (non-hydrogen) atoms. The number of hydrogen-bond acceptors (Lipinski definition) is 5. The highest BCUT2D eigenvalue weighted by Crippen LogP contribution is 2.35. The van der Waals surface area contributed by atoms with Crippen LogP contribution in [0.4, 0.5) is 0 Å². The van der Waals surface area contributed by atoms with E-state index in [0.29, 0.717) is 17.1 Å². The average molecular weight is 324 g/mol. The summed E-state index contributed by atoms with van der Waals surface area (Å²) in [7, 11) is 1.30. The van der Waals surface area contributed by atoms with E-state index in [-0.39, 0.29) is 11.5 Å². The van der Waals surface area contributed by atoms with Crippen LogP contribution in [0, 0.1) is 0 Å². The first-order valence-corrected chi connectivity index (χ1v) is 7.46. The Morgan fingerprint density at radius 1 is 1.17 bits per heavy atom. The van der Waals surface area contributed by atoms with Gasteiger partial charge in [-0.15, -0.1) is 0 Å². The van der Waals surface area contributed by atoms with Crippen molar-refractivity contribution in [2.24, 2.45) is 0 Å². The number of benzene rings is 2. The molecule has 1 aliphatic rings. The number of hydrogen-bond donors (Lipinski definition) is 0. The van der Waals surface area contributed by atoms with Crippen LogP contribution >= 0.6 is 0 Å². The molecular weight excluding hydrogens is 308 g/mol. The second kappa shape index (κ2) is 6.58. The second-order valence-electron chi connectivity index (χ2n) is 5.29. The van der Waals surface area contributed by atoms with Crippen LogP contribution in [-0.2, 0) is 9.53 Å². The SMILES string of the molecule is COC(=O)C(C)Oc1ccc2c(c1)OC(=Cc1ccccc1)C2=O. The van der Waals surface area contributed by atoms with Gasteiger partial charge in [0.05, 0.1) is 12.7 Å². The first-order chi connectivity index (χ1) is 11.6. The normalized spacial score (nSPS) is 15.6. The Morgan fingerprint density at radius 2 is 1.92 bits per heavy atom. The van der Waals surface area contributed by atoms with Gasteiger partial charge in [0, 0.05) is 6.07 Å². The molecule has 1 aliphatic heterocycles. The molecule has 0 N–H and O–H groups in total. The minimum atomic E-state index is -0.746. The summed E-state index contributed by atoms with van der Waals surface area (Å²) in [4.78, 5) is 23.8. The van der Waals surface area contributed by atoms with E-state index in [9.17, 15) is 9.59 Å². The van der Waals surface area contributed by atoms with Crippen molar-refractivity contribution in [2.45, 2.75) is 13.0 Å². The zero-order valence-corrected chi connectivity index (χ0v) is 13.3. The summed E-state index contributed by atoms with van der Waals surface area (Å²) in [6, 6.07) is 14.3. The molecule has 0 radical (unpaired) electrons. The number of rotatable bonds is 4. The number of esters is 1. The molecule has 0 amide bonds. The number of carbonyl (C=O) groups is 2. The minimum Gasteiger partial charge on any atom is -0.479 e. The molecule has 0 fully saturated rings. The van der Waals surface area contributed by atoms with Gasteiger partial charge in [0.2, 0.25) is 5.78 Å². The summed E-state index contributed by atoms with van der Waals surface area (Å²) < 4.78 is 15.8. The Balaban J connectivity index is 1.82. The van der Waals surface area contributed by atoms with Gasteiger partial charge in [-0.2, -0.15) is 0 Å². The Morgan fingerprint density at radius 3 is 2.62 bits per heavy atom. The monoisotopic (exact) mass is 324 g/mol. The largest absolute Gasteiger partial charge is 0.479 e. The molecule has 1 atom stereocenters. The first kappa shape index (κ1) is 15.8. The first-order valence-electron chi connectivity index (χ1n) is 7.46. The zero-order valence-electron chi connectivity index (χ0n) is 13.3. The standard InChI is InChI=1S/C19H16O5/c1-12(19(21)22-2)23-14-8-9-15-16(11-14)24-17(18(15)20)10-13-6-4-3-5-7-13/h3-12H,1-2H3. The Kier molecular flexibility index (Phi) is 4.33. The van der Waals surface area contributed by atoms with Crippen molar-refractivity contribution in [2.75, 3.05) is 7.11 Å². The molecule has 0 aliphatic carbocycles. The van der Waals surface area contributed by atoms with Gasteiger partial charge in [-0.3, -0.25) is 4.79 Å². The van der Waals surface area contributed by atoms with Gasteiger partial charge in [-0.05, 0) is 30.7 Å². The van der Waals surface area contributed by atoms with Gasteiger partial charge < -0.3 is 14.2 Å². The van der Waals surface area contributed by atoms with Crippen LogP contribution in [0.15, 0.2) is 54.3 Å². The van der Waals surface area contributed by atoms with Crippen molar-refractivity contribution in [3.63, 3.8) is 0 Å². The van der Waals surface area contributed by atoms with Gasteiger partial charge in [0.15, 0.2) is 11.9 Å². The topological polar surface area (TPSA) is 61.8 Å². The molecule has 5 nitrogen and oxygen atoms in total. The maximum absolute atomic E-state index is 12.4. The van der Waals surface area contributed by atoms with E-state index in [1.165, 1.54) is 7.11 Å². The highest BCUT2D eigenvalue weighted by molar-refractivity contribution is 6.14. The number of allylic oxidation sites excluding steroid dienone is 1. The van der Waals surface area contributed by atoms with Crippen LogP contribution in [-0.4, -0.2) is 25.0 Å². The third-order valence-electron chi connectivity index (χ3n) is 3.58. The van der Waals surface area contributed by atoms with E-state index >= 15 is 0 Å². The van der Waals surface area contributed by atoms with E-state index in [0.717, 1.165) is 5.56 Å². The number of methoxy groups -OCH3 is 1. The fourth-order valence-corrected chi connectivity index (χ4v) is 2.36. The molecule has 0 saturated carbocycles. The molecule has 0 saturated heterocycles.